The van der Waals surface area contributed by atoms with E-state index in [1.165, 1.54) is 11.1 Å². The summed E-state index contributed by atoms with van der Waals surface area (Å²) in [7, 11) is 0. The first kappa shape index (κ1) is 25.9. The number of carbonyl (C=O) groups is 1. The van der Waals surface area contributed by atoms with Gasteiger partial charge in [0.05, 0.1) is 12.1 Å². The van der Waals surface area contributed by atoms with Gasteiger partial charge in [-0.25, -0.2) is 4.79 Å². The van der Waals surface area contributed by atoms with Crippen LogP contribution in [0.25, 0.3) is 0 Å². The van der Waals surface area contributed by atoms with Crippen LogP contribution in [0.1, 0.15) is 44.4 Å². The summed E-state index contributed by atoms with van der Waals surface area (Å²) < 4.78 is 12.2. The molecule has 3 aromatic rings. The molecule has 5 heteroatoms. The van der Waals surface area contributed by atoms with Crippen LogP contribution in [0.5, 0.6) is 0 Å². The Labute approximate surface area is 215 Å². The lowest BCUT2D eigenvalue weighted by Crippen LogP contribution is -2.54. The first-order valence-electron chi connectivity index (χ1n) is 12.7. The molecule has 1 aliphatic rings. The highest BCUT2D eigenvalue weighted by Crippen LogP contribution is 2.35. The van der Waals surface area contributed by atoms with Crippen LogP contribution >= 0.6 is 0 Å². The van der Waals surface area contributed by atoms with Gasteiger partial charge in [0.2, 0.25) is 0 Å². The van der Waals surface area contributed by atoms with Crippen LogP contribution in [-0.2, 0) is 29.0 Å². The third-order valence-electron chi connectivity index (χ3n) is 6.64. The van der Waals surface area contributed by atoms with Crippen molar-refractivity contribution in [1.29, 1.82) is 0 Å². The quantitative estimate of drug-likeness (QED) is 0.357. The van der Waals surface area contributed by atoms with E-state index in [-0.39, 0.29) is 12.2 Å². The van der Waals surface area contributed by atoms with Gasteiger partial charge >= 0.3 is 6.09 Å². The van der Waals surface area contributed by atoms with Crippen molar-refractivity contribution in [2.24, 2.45) is 0 Å². The van der Waals surface area contributed by atoms with Gasteiger partial charge in [0.1, 0.15) is 11.8 Å². The second-order valence-electron chi connectivity index (χ2n) is 10.7. The van der Waals surface area contributed by atoms with E-state index in [1.54, 1.807) is 4.90 Å². The van der Waals surface area contributed by atoms with E-state index in [4.69, 9.17) is 9.47 Å². The van der Waals surface area contributed by atoms with Gasteiger partial charge in [0, 0.05) is 26.1 Å². The highest BCUT2D eigenvalue weighted by Gasteiger charge is 2.50. The molecule has 190 valence electrons. The van der Waals surface area contributed by atoms with E-state index in [0.717, 1.165) is 18.7 Å². The molecule has 1 fully saturated rings. The summed E-state index contributed by atoms with van der Waals surface area (Å²) in [5.41, 5.74) is 2.45. The molecule has 0 N–H and O–H groups in total. The first-order chi connectivity index (χ1) is 17.2. The normalized spacial score (nSPS) is 17.2. The summed E-state index contributed by atoms with van der Waals surface area (Å²) in [6.07, 6.45) is -0.00954. The van der Waals surface area contributed by atoms with Gasteiger partial charge in [-0.15, -0.1) is 0 Å². The predicted molar refractivity (Wildman–Crippen MR) is 143 cm³/mol. The van der Waals surface area contributed by atoms with E-state index in [2.05, 4.69) is 65.6 Å². The minimum absolute atomic E-state index is 0.320. The Hall–Kier alpha value is -3.15. The van der Waals surface area contributed by atoms with Crippen molar-refractivity contribution in [2.45, 2.75) is 64.6 Å². The topological polar surface area (TPSA) is 42.0 Å². The van der Waals surface area contributed by atoms with Crippen LogP contribution in [0.4, 0.5) is 4.79 Å². The van der Waals surface area contributed by atoms with Crippen molar-refractivity contribution in [3.63, 3.8) is 0 Å². The van der Waals surface area contributed by atoms with Crippen molar-refractivity contribution < 1.29 is 14.3 Å². The molecule has 0 saturated carbocycles. The zero-order chi connectivity index (χ0) is 25.6. The lowest BCUT2D eigenvalue weighted by atomic mass is 10.0. The Morgan fingerprint density at radius 3 is 1.75 bits per heavy atom. The van der Waals surface area contributed by atoms with Crippen molar-refractivity contribution >= 4 is 6.09 Å². The maximum absolute atomic E-state index is 13.6. The number of hydrogen-bond donors (Lipinski definition) is 0. The van der Waals surface area contributed by atoms with Crippen molar-refractivity contribution in [3.05, 3.63) is 108 Å². The largest absolute Gasteiger partial charge is 0.444 e. The SMILES string of the molecule is CC1(C)COC(C)(C)N1C(=O)O[C@@H](Cc1ccccc1)CN(Cc1ccccc1)Cc1ccccc1. The second kappa shape index (κ2) is 11.3. The van der Waals surface area contributed by atoms with Crippen LogP contribution in [-0.4, -0.2) is 46.4 Å². The molecular formula is C31H38N2O3. The van der Waals surface area contributed by atoms with Crippen molar-refractivity contribution in [2.75, 3.05) is 13.2 Å². The molecule has 36 heavy (non-hydrogen) atoms. The summed E-state index contributed by atoms with van der Waals surface area (Å²) in [6.45, 7) is 10.5. The average Bonchev–Trinajstić information content (AvgIpc) is 3.07. The average molecular weight is 487 g/mol. The smallest absolute Gasteiger partial charge is 0.412 e. The molecule has 4 rings (SSSR count). The van der Waals surface area contributed by atoms with Gasteiger partial charge < -0.3 is 9.47 Å². The summed E-state index contributed by atoms with van der Waals surface area (Å²) >= 11 is 0. The first-order valence-corrected chi connectivity index (χ1v) is 12.7. The van der Waals surface area contributed by atoms with E-state index < -0.39 is 11.3 Å². The van der Waals surface area contributed by atoms with Gasteiger partial charge in [-0.1, -0.05) is 91.0 Å². The van der Waals surface area contributed by atoms with E-state index in [9.17, 15) is 4.79 Å². The van der Waals surface area contributed by atoms with Gasteiger partial charge in [-0.05, 0) is 44.4 Å². The summed E-state index contributed by atoms with van der Waals surface area (Å²) in [6, 6.07) is 31.1. The van der Waals surface area contributed by atoms with Crippen LogP contribution in [0, 0.1) is 0 Å². The molecule has 0 aromatic heterocycles. The minimum atomic E-state index is -0.717. The van der Waals surface area contributed by atoms with Gasteiger partial charge in [0.15, 0.2) is 0 Å². The Morgan fingerprint density at radius 2 is 1.31 bits per heavy atom. The molecule has 5 nitrogen and oxygen atoms in total. The highest BCUT2D eigenvalue weighted by molar-refractivity contribution is 5.70. The van der Waals surface area contributed by atoms with Crippen LogP contribution in [0.15, 0.2) is 91.0 Å². The Bertz CT molecular complexity index is 1040. The van der Waals surface area contributed by atoms with Crippen LogP contribution in [0.3, 0.4) is 0 Å². The third-order valence-corrected chi connectivity index (χ3v) is 6.64. The number of carbonyl (C=O) groups excluding carboxylic acids is 1. The molecule has 1 amide bonds. The van der Waals surface area contributed by atoms with Crippen molar-refractivity contribution in [3.8, 4) is 0 Å². The number of benzene rings is 3. The molecule has 0 spiro atoms. The number of amides is 1. The molecule has 1 aliphatic heterocycles. The number of ether oxygens (including phenoxy) is 2. The Balaban J connectivity index is 1.58. The highest BCUT2D eigenvalue weighted by atomic mass is 16.6. The fraction of sp³-hybridized carbons (Fsp3) is 0.387. The van der Waals surface area contributed by atoms with Crippen LogP contribution in [0.2, 0.25) is 0 Å². The molecule has 0 aliphatic carbocycles. The molecule has 0 radical (unpaired) electrons. The second-order valence-corrected chi connectivity index (χ2v) is 10.7. The molecule has 3 aromatic carbocycles. The zero-order valence-electron chi connectivity index (χ0n) is 21.9. The lowest BCUT2D eigenvalue weighted by Gasteiger charge is -2.38. The van der Waals surface area contributed by atoms with E-state index in [0.29, 0.717) is 19.6 Å². The zero-order valence-corrected chi connectivity index (χ0v) is 21.9. The molecular weight excluding hydrogens is 448 g/mol. The van der Waals surface area contributed by atoms with Gasteiger partial charge in [-0.2, -0.15) is 0 Å². The standard InChI is InChI=1S/C31H38N2O3/c1-30(2)24-35-31(3,4)33(30)29(34)36-28(20-25-14-8-5-9-15-25)23-32(21-26-16-10-6-11-17-26)22-27-18-12-7-13-19-27/h5-19,28H,20-24H2,1-4H3/t28-/m0/s1. The summed E-state index contributed by atoms with van der Waals surface area (Å²) in [5.74, 6) is 0. The lowest BCUT2D eigenvalue weighted by molar-refractivity contribution is -0.0608. The number of hydrogen-bond acceptors (Lipinski definition) is 4. The maximum Gasteiger partial charge on any atom is 0.412 e. The number of rotatable bonds is 9. The maximum atomic E-state index is 13.6. The van der Waals surface area contributed by atoms with E-state index in [1.807, 2.05) is 58.0 Å². The Morgan fingerprint density at radius 1 is 0.833 bits per heavy atom. The molecule has 1 atom stereocenters. The molecule has 0 bridgehead atoms. The summed E-state index contributed by atoms with van der Waals surface area (Å²) in [4.78, 5) is 17.7. The minimum Gasteiger partial charge on any atom is -0.444 e. The fourth-order valence-corrected chi connectivity index (χ4v) is 5.05. The van der Waals surface area contributed by atoms with Gasteiger partial charge in [-0.3, -0.25) is 9.80 Å². The Kier molecular flexibility index (Phi) is 8.12. The third kappa shape index (κ3) is 6.74. The monoisotopic (exact) mass is 486 g/mol. The predicted octanol–water partition coefficient (Wildman–Crippen LogP) is 6.28. The molecule has 1 saturated heterocycles. The van der Waals surface area contributed by atoms with E-state index >= 15 is 0 Å². The summed E-state index contributed by atoms with van der Waals surface area (Å²) in [5, 5.41) is 0. The molecule has 0 unspecified atom stereocenters. The van der Waals surface area contributed by atoms with Crippen LogP contribution < -0.4 is 0 Å². The van der Waals surface area contributed by atoms with Gasteiger partial charge in [0.25, 0.3) is 0 Å². The molecule has 1 heterocycles. The number of nitrogens with zero attached hydrogens (tertiary/aromatic N) is 2. The fourth-order valence-electron chi connectivity index (χ4n) is 5.05. The van der Waals surface area contributed by atoms with Crippen molar-refractivity contribution in [1.82, 2.24) is 9.80 Å².